The molecule has 1 fully saturated rings. The molecule has 1 aromatic rings. The first-order valence-corrected chi connectivity index (χ1v) is 8.84. The molecule has 1 aromatic carbocycles. The fourth-order valence-corrected chi connectivity index (χ4v) is 3.68. The van der Waals surface area contributed by atoms with Crippen LogP contribution >= 0.6 is 12.2 Å². The number of hydrogen-bond acceptors (Lipinski definition) is 4. The molecule has 2 N–H and O–H groups in total. The average Bonchev–Trinajstić information content (AvgIpc) is 2.98. The molecule has 1 aliphatic rings. The molecule has 0 saturated carbocycles. The van der Waals surface area contributed by atoms with Crippen LogP contribution in [0.15, 0.2) is 29.2 Å². The molecule has 0 radical (unpaired) electrons. The molecular formula is C14H21N3O2S2. The minimum Gasteiger partial charge on any atom is -0.389 e. The molecule has 0 bridgehead atoms. The number of likely N-dealkylation sites (N-methyl/N-ethyl adjacent to an activating group) is 1. The quantitative estimate of drug-likeness (QED) is 0.791. The molecule has 0 atom stereocenters. The molecule has 1 saturated heterocycles. The van der Waals surface area contributed by atoms with Gasteiger partial charge in [0.05, 0.1) is 4.90 Å². The van der Waals surface area contributed by atoms with Crippen LogP contribution in [0.5, 0.6) is 0 Å². The van der Waals surface area contributed by atoms with Gasteiger partial charge in [-0.25, -0.2) is 8.42 Å². The van der Waals surface area contributed by atoms with Crippen molar-refractivity contribution in [2.24, 2.45) is 5.73 Å². The third-order valence-corrected chi connectivity index (χ3v) is 5.88. The van der Waals surface area contributed by atoms with Crippen LogP contribution in [0.4, 0.5) is 0 Å². The van der Waals surface area contributed by atoms with Crippen molar-refractivity contribution in [1.82, 2.24) is 9.21 Å². The van der Waals surface area contributed by atoms with Crippen LogP contribution in [-0.4, -0.2) is 55.8 Å². The fraction of sp³-hybridized carbons (Fsp3) is 0.500. The van der Waals surface area contributed by atoms with Crippen LogP contribution in [-0.2, 0) is 10.0 Å². The van der Waals surface area contributed by atoms with Gasteiger partial charge in [-0.15, -0.1) is 0 Å². The summed E-state index contributed by atoms with van der Waals surface area (Å²) < 4.78 is 26.3. The Morgan fingerprint density at radius 1 is 1.29 bits per heavy atom. The van der Waals surface area contributed by atoms with E-state index in [1.807, 2.05) is 0 Å². The molecule has 0 spiro atoms. The van der Waals surface area contributed by atoms with Gasteiger partial charge in [-0.05, 0) is 38.1 Å². The lowest BCUT2D eigenvalue weighted by Crippen LogP contribution is -2.35. The third-order valence-electron chi connectivity index (χ3n) is 3.78. The molecule has 1 heterocycles. The number of nitrogens with two attached hydrogens (primary N) is 1. The summed E-state index contributed by atoms with van der Waals surface area (Å²) in [6.07, 6.45) is 2.41. The molecule has 2 rings (SSSR count). The number of rotatable bonds is 6. The zero-order valence-corrected chi connectivity index (χ0v) is 13.8. The third kappa shape index (κ3) is 4.00. The van der Waals surface area contributed by atoms with Crippen molar-refractivity contribution in [3.63, 3.8) is 0 Å². The number of thiocarbonyl (C=S) groups is 1. The summed E-state index contributed by atoms with van der Waals surface area (Å²) in [5, 5.41) is 0. The van der Waals surface area contributed by atoms with Gasteiger partial charge in [0.1, 0.15) is 4.99 Å². The Labute approximate surface area is 131 Å². The summed E-state index contributed by atoms with van der Waals surface area (Å²) >= 11 is 4.87. The van der Waals surface area contributed by atoms with Gasteiger partial charge < -0.3 is 10.6 Å². The molecule has 0 amide bonds. The molecule has 21 heavy (non-hydrogen) atoms. The second-order valence-electron chi connectivity index (χ2n) is 5.26. The number of sulfonamides is 1. The second-order valence-corrected chi connectivity index (χ2v) is 7.75. The van der Waals surface area contributed by atoms with Gasteiger partial charge in [-0.1, -0.05) is 24.4 Å². The van der Waals surface area contributed by atoms with E-state index in [9.17, 15) is 8.42 Å². The summed E-state index contributed by atoms with van der Waals surface area (Å²) in [5.74, 6) is 0. The Morgan fingerprint density at radius 3 is 2.38 bits per heavy atom. The first-order valence-electron chi connectivity index (χ1n) is 7.00. The Balaban J connectivity index is 2.03. The maximum absolute atomic E-state index is 12.5. The van der Waals surface area contributed by atoms with E-state index in [-0.39, 0.29) is 9.88 Å². The smallest absolute Gasteiger partial charge is 0.242 e. The Morgan fingerprint density at radius 2 is 1.86 bits per heavy atom. The van der Waals surface area contributed by atoms with E-state index in [0.29, 0.717) is 12.1 Å². The van der Waals surface area contributed by atoms with E-state index in [2.05, 4.69) is 4.90 Å². The van der Waals surface area contributed by atoms with Crippen LogP contribution in [0, 0.1) is 0 Å². The lowest BCUT2D eigenvalue weighted by atomic mass is 10.2. The van der Waals surface area contributed by atoms with Gasteiger partial charge >= 0.3 is 0 Å². The highest BCUT2D eigenvalue weighted by Gasteiger charge is 2.22. The molecule has 1 aliphatic heterocycles. The van der Waals surface area contributed by atoms with E-state index >= 15 is 0 Å². The molecule has 0 unspecified atom stereocenters. The molecule has 116 valence electrons. The zero-order valence-electron chi connectivity index (χ0n) is 12.2. The van der Waals surface area contributed by atoms with E-state index in [1.54, 1.807) is 31.3 Å². The van der Waals surface area contributed by atoms with Gasteiger partial charge in [0.15, 0.2) is 0 Å². The van der Waals surface area contributed by atoms with Crippen LogP contribution in [0.25, 0.3) is 0 Å². The number of likely N-dealkylation sites (tertiary alicyclic amines) is 1. The summed E-state index contributed by atoms with van der Waals surface area (Å²) in [5.41, 5.74) is 6.19. The SMILES string of the molecule is CN(CCN1CCCC1)S(=O)(=O)c1ccc(C(N)=S)cc1. The van der Waals surface area contributed by atoms with E-state index in [1.165, 1.54) is 17.1 Å². The van der Waals surface area contributed by atoms with Crippen molar-refractivity contribution in [2.45, 2.75) is 17.7 Å². The van der Waals surface area contributed by atoms with E-state index in [0.717, 1.165) is 19.6 Å². The fourth-order valence-electron chi connectivity index (χ4n) is 2.38. The summed E-state index contributed by atoms with van der Waals surface area (Å²) in [6, 6.07) is 6.39. The highest BCUT2D eigenvalue weighted by atomic mass is 32.2. The number of hydrogen-bond donors (Lipinski definition) is 1. The minimum atomic E-state index is -3.45. The normalized spacial score (nSPS) is 16.5. The monoisotopic (exact) mass is 327 g/mol. The van der Waals surface area contributed by atoms with Crippen molar-refractivity contribution >= 4 is 27.2 Å². The van der Waals surface area contributed by atoms with Gasteiger partial charge in [0.25, 0.3) is 0 Å². The first kappa shape index (κ1) is 16.4. The molecule has 0 aromatic heterocycles. The maximum atomic E-state index is 12.5. The first-order chi connectivity index (χ1) is 9.91. The summed E-state index contributed by atoms with van der Waals surface area (Å²) in [4.78, 5) is 2.83. The van der Waals surface area contributed by atoms with Gasteiger partial charge in [0.2, 0.25) is 10.0 Å². The minimum absolute atomic E-state index is 0.265. The average molecular weight is 327 g/mol. The van der Waals surface area contributed by atoms with Crippen molar-refractivity contribution in [3.8, 4) is 0 Å². The molecule has 7 heteroatoms. The molecule has 5 nitrogen and oxygen atoms in total. The van der Waals surface area contributed by atoms with Gasteiger partial charge in [-0.3, -0.25) is 0 Å². The van der Waals surface area contributed by atoms with Crippen LogP contribution in [0.2, 0.25) is 0 Å². The predicted molar refractivity (Wildman–Crippen MR) is 87.8 cm³/mol. The zero-order chi connectivity index (χ0) is 15.5. The van der Waals surface area contributed by atoms with E-state index in [4.69, 9.17) is 18.0 Å². The Kier molecular flexibility index (Phi) is 5.32. The van der Waals surface area contributed by atoms with E-state index < -0.39 is 10.0 Å². The standard InChI is InChI=1S/C14H21N3O2S2/c1-16(10-11-17-8-2-3-9-17)21(18,19)13-6-4-12(5-7-13)14(15)20/h4-7H,2-3,8-11H2,1H3,(H2,15,20). The Hall–Kier alpha value is -1.02. The van der Waals surface area contributed by atoms with Gasteiger partial charge in [0, 0.05) is 25.7 Å². The second kappa shape index (κ2) is 6.83. The van der Waals surface area contributed by atoms with Gasteiger partial charge in [-0.2, -0.15) is 4.31 Å². The molecule has 0 aliphatic carbocycles. The predicted octanol–water partition coefficient (Wildman–Crippen LogP) is 1.04. The Bertz CT molecular complexity index is 593. The number of benzene rings is 1. The highest BCUT2D eigenvalue weighted by molar-refractivity contribution is 7.89. The maximum Gasteiger partial charge on any atom is 0.242 e. The van der Waals surface area contributed by atoms with Crippen molar-refractivity contribution in [3.05, 3.63) is 29.8 Å². The van der Waals surface area contributed by atoms with Crippen LogP contribution < -0.4 is 5.73 Å². The number of nitrogens with zero attached hydrogens (tertiary/aromatic N) is 2. The van der Waals surface area contributed by atoms with Crippen molar-refractivity contribution in [1.29, 1.82) is 0 Å². The largest absolute Gasteiger partial charge is 0.389 e. The summed E-state index contributed by atoms with van der Waals surface area (Å²) in [6.45, 7) is 3.41. The lowest BCUT2D eigenvalue weighted by Gasteiger charge is -2.21. The van der Waals surface area contributed by atoms with Crippen LogP contribution in [0.3, 0.4) is 0 Å². The topological polar surface area (TPSA) is 66.6 Å². The van der Waals surface area contributed by atoms with Crippen LogP contribution in [0.1, 0.15) is 18.4 Å². The lowest BCUT2D eigenvalue weighted by molar-refractivity contribution is 0.310. The summed E-state index contributed by atoms with van der Waals surface area (Å²) in [7, 11) is -1.83. The van der Waals surface area contributed by atoms with Crippen molar-refractivity contribution in [2.75, 3.05) is 33.2 Å². The highest BCUT2D eigenvalue weighted by Crippen LogP contribution is 2.16. The van der Waals surface area contributed by atoms with Crippen molar-refractivity contribution < 1.29 is 8.42 Å². The molecular weight excluding hydrogens is 306 g/mol.